The van der Waals surface area contributed by atoms with Gasteiger partial charge in [0.05, 0.1) is 17.0 Å². The van der Waals surface area contributed by atoms with E-state index in [1.54, 1.807) is 24.3 Å². The molecule has 0 aliphatic carbocycles. The van der Waals surface area contributed by atoms with Crippen molar-refractivity contribution in [1.82, 2.24) is 14.9 Å². The van der Waals surface area contributed by atoms with Gasteiger partial charge in [-0.1, -0.05) is 47.8 Å². The molecule has 1 heterocycles. The van der Waals surface area contributed by atoms with Gasteiger partial charge in [0.25, 0.3) is 5.76 Å². The molecule has 0 radical (unpaired) electrons. The first-order valence-electron chi connectivity index (χ1n) is 7.87. The van der Waals surface area contributed by atoms with Crippen LogP contribution in [0.2, 0.25) is 0 Å². The van der Waals surface area contributed by atoms with Crippen molar-refractivity contribution in [3.05, 3.63) is 54.3 Å². The summed E-state index contributed by atoms with van der Waals surface area (Å²) in [5.41, 5.74) is 0.478. The van der Waals surface area contributed by atoms with Gasteiger partial charge >= 0.3 is 0 Å². The van der Waals surface area contributed by atoms with Crippen LogP contribution >= 0.6 is 23.5 Å². The summed E-state index contributed by atoms with van der Waals surface area (Å²) in [6.07, 6.45) is 0. The van der Waals surface area contributed by atoms with Crippen molar-refractivity contribution < 1.29 is 18.0 Å². The molecule has 0 bridgehead atoms. The second-order valence-corrected chi connectivity index (χ2v) is 7.34. The zero-order valence-electron chi connectivity index (χ0n) is 14.2. The number of rotatable bonds is 7. The Hall–Kier alpha value is -2.66. The minimum absolute atomic E-state index is 0.0831. The van der Waals surface area contributed by atoms with Gasteiger partial charge in [0.2, 0.25) is 11.1 Å². The molecule has 0 fully saturated rings. The average Bonchev–Trinajstić information content (AvgIpc) is 3.02. The summed E-state index contributed by atoms with van der Waals surface area (Å²) in [5.74, 6) is 2.43. The summed E-state index contributed by atoms with van der Waals surface area (Å²) in [7, 11) is 0. The van der Waals surface area contributed by atoms with Crippen LogP contribution in [0.5, 0.6) is 0 Å². The number of carbonyl (C=O) groups excluding carboxylic acids is 1. The van der Waals surface area contributed by atoms with E-state index >= 15 is 0 Å². The van der Waals surface area contributed by atoms with Crippen LogP contribution in [0, 0.1) is 5.82 Å². The predicted octanol–water partition coefficient (Wildman–Crippen LogP) is 3.84. The topological polar surface area (TPSA) is 85.8 Å². The van der Waals surface area contributed by atoms with Gasteiger partial charge in [-0.25, -0.2) is 9.07 Å². The Bertz CT molecular complexity index is 983. The largest absolute Gasteiger partial charge is 0.335 e. The number of nitrogen functional groups attached to an aromatic ring is 1. The molecular weight excluding hydrogens is 411 g/mol. The lowest BCUT2D eigenvalue weighted by Gasteiger charge is -2.10. The molecule has 1 amide bonds. The minimum atomic E-state index is -2.60. The molecule has 0 aliphatic rings. The molecule has 0 unspecified atom stereocenters. The predicted molar refractivity (Wildman–Crippen MR) is 103 cm³/mol. The standard InChI is InChI=1S/C17H14F3N5OS2/c18-11-6-2-1-5-10(11)15-23-24-17(25(15)21)27-9-14(26)22-12-7-3-4-8-13(12)28-16(19)20/h1-8,16H,9,21H2,(H,22,26). The number of nitrogens with one attached hydrogen (secondary N) is 1. The lowest BCUT2D eigenvalue weighted by molar-refractivity contribution is -0.113. The van der Waals surface area contributed by atoms with Crippen LogP contribution < -0.4 is 11.2 Å². The van der Waals surface area contributed by atoms with Crippen LogP contribution in [-0.4, -0.2) is 32.3 Å². The number of amides is 1. The number of alkyl halides is 2. The highest BCUT2D eigenvalue weighted by Crippen LogP contribution is 2.32. The summed E-state index contributed by atoms with van der Waals surface area (Å²) in [5, 5.41) is 10.5. The SMILES string of the molecule is Nn1c(SCC(=O)Nc2ccccc2SC(F)F)nnc1-c1ccccc1F. The van der Waals surface area contributed by atoms with Gasteiger partial charge in [0, 0.05) is 4.90 Å². The van der Waals surface area contributed by atoms with Crippen molar-refractivity contribution in [2.45, 2.75) is 15.8 Å². The highest BCUT2D eigenvalue weighted by Gasteiger charge is 2.17. The van der Waals surface area contributed by atoms with E-state index in [0.29, 0.717) is 17.4 Å². The fourth-order valence-corrected chi connectivity index (χ4v) is 3.54. The van der Waals surface area contributed by atoms with E-state index in [1.807, 2.05) is 0 Å². The van der Waals surface area contributed by atoms with E-state index < -0.39 is 17.5 Å². The van der Waals surface area contributed by atoms with Crippen LogP contribution in [0.3, 0.4) is 0 Å². The van der Waals surface area contributed by atoms with Crippen LogP contribution in [0.25, 0.3) is 11.4 Å². The first-order valence-corrected chi connectivity index (χ1v) is 9.74. The maximum absolute atomic E-state index is 13.9. The molecule has 146 valence electrons. The van der Waals surface area contributed by atoms with Crippen LogP contribution in [-0.2, 0) is 4.79 Å². The Labute approximate surface area is 166 Å². The van der Waals surface area contributed by atoms with Crippen molar-refractivity contribution in [2.75, 3.05) is 16.9 Å². The summed E-state index contributed by atoms with van der Waals surface area (Å²) in [6.45, 7) is 0. The molecule has 2 aromatic carbocycles. The highest BCUT2D eigenvalue weighted by molar-refractivity contribution is 8.00. The third kappa shape index (κ3) is 4.78. The molecule has 11 heteroatoms. The molecule has 0 spiro atoms. The van der Waals surface area contributed by atoms with Gasteiger partial charge in [-0.3, -0.25) is 4.79 Å². The number of hydrogen-bond acceptors (Lipinski definition) is 6. The third-order valence-electron chi connectivity index (χ3n) is 3.49. The lowest BCUT2D eigenvalue weighted by atomic mass is 10.2. The molecule has 3 N–H and O–H groups in total. The van der Waals surface area contributed by atoms with Crippen molar-refractivity contribution >= 4 is 35.1 Å². The Morgan fingerprint density at radius 2 is 1.86 bits per heavy atom. The zero-order valence-corrected chi connectivity index (χ0v) is 15.8. The molecule has 3 aromatic rings. The van der Waals surface area contributed by atoms with E-state index in [9.17, 15) is 18.0 Å². The molecule has 1 aromatic heterocycles. The molecule has 0 saturated heterocycles. The molecule has 6 nitrogen and oxygen atoms in total. The van der Waals surface area contributed by atoms with Gasteiger partial charge in [-0.05, 0) is 24.3 Å². The number of aromatic nitrogens is 3. The maximum atomic E-state index is 13.9. The van der Waals surface area contributed by atoms with Crippen molar-refractivity contribution in [2.24, 2.45) is 0 Å². The monoisotopic (exact) mass is 425 g/mol. The molecule has 3 rings (SSSR count). The van der Waals surface area contributed by atoms with E-state index in [2.05, 4.69) is 15.5 Å². The highest BCUT2D eigenvalue weighted by atomic mass is 32.2. The van der Waals surface area contributed by atoms with Crippen molar-refractivity contribution in [1.29, 1.82) is 0 Å². The summed E-state index contributed by atoms with van der Waals surface area (Å²) < 4.78 is 40.2. The van der Waals surface area contributed by atoms with E-state index in [0.717, 1.165) is 16.4 Å². The van der Waals surface area contributed by atoms with Gasteiger partial charge in [-0.15, -0.1) is 10.2 Å². The molecule has 28 heavy (non-hydrogen) atoms. The Morgan fingerprint density at radius 1 is 1.14 bits per heavy atom. The first kappa shape index (κ1) is 20.1. The Morgan fingerprint density at radius 3 is 2.61 bits per heavy atom. The van der Waals surface area contributed by atoms with Gasteiger partial charge < -0.3 is 11.2 Å². The smallest absolute Gasteiger partial charge is 0.288 e. The van der Waals surface area contributed by atoms with Gasteiger partial charge in [0.1, 0.15) is 5.82 Å². The van der Waals surface area contributed by atoms with Crippen LogP contribution in [0.15, 0.2) is 58.6 Å². The second-order valence-electron chi connectivity index (χ2n) is 5.37. The number of thioether (sulfide) groups is 2. The molecule has 0 atom stereocenters. The quantitative estimate of drug-likeness (QED) is 0.442. The second kappa shape index (κ2) is 9.02. The van der Waals surface area contributed by atoms with Crippen molar-refractivity contribution in [3.63, 3.8) is 0 Å². The minimum Gasteiger partial charge on any atom is -0.335 e. The fourth-order valence-electron chi connectivity index (χ4n) is 2.29. The zero-order chi connectivity index (χ0) is 20.1. The first-order chi connectivity index (χ1) is 13.5. The number of halogens is 3. The number of anilines is 1. The number of hydrogen-bond donors (Lipinski definition) is 2. The van der Waals surface area contributed by atoms with Crippen LogP contribution in [0.1, 0.15) is 0 Å². The normalized spacial score (nSPS) is 11.0. The molecule has 0 aliphatic heterocycles. The third-order valence-corrected chi connectivity index (χ3v) is 5.22. The number of para-hydroxylation sites is 1. The number of nitrogens with zero attached hydrogens (tertiary/aromatic N) is 3. The molecule has 0 saturated carbocycles. The number of carbonyl (C=O) groups is 1. The van der Waals surface area contributed by atoms with Crippen molar-refractivity contribution in [3.8, 4) is 11.4 Å². The summed E-state index contributed by atoms with van der Waals surface area (Å²) in [6, 6.07) is 12.3. The fraction of sp³-hybridized carbons (Fsp3) is 0.118. The van der Waals surface area contributed by atoms with Gasteiger partial charge in [0.15, 0.2) is 5.82 Å². The van der Waals surface area contributed by atoms with E-state index in [1.165, 1.54) is 24.3 Å². The van der Waals surface area contributed by atoms with Crippen LogP contribution in [0.4, 0.5) is 18.9 Å². The Kier molecular flexibility index (Phi) is 6.47. The lowest BCUT2D eigenvalue weighted by Crippen LogP contribution is -2.17. The summed E-state index contributed by atoms with van der Waals surface area (Å²) >= 11 is 1.34. The van der Waals surface area contributed by atoms with E-state index in [4.69, 9.17) is 5.84 Å². The Balaban J connectivity index is 1.66. The number of nitrogens with two attached hydrogens (primary N) is 1. The van der Waals surface area contributed by atoms with E-state index in [-0.39, 0.29) is 27.2 Å². The maximum Gasteiger partial charge on any atom is 0.288 e. The number of benzene rings is 2. The summed E-state index contributed by atoms with van der Waals surface area (Å²) in [4.78, 5) is 12.4. The average molecular weight is 425 g/mol. The van der Waals surface area contributed by atoms with Gasteiger partial charge in [-0.2, -0.15) is 8.78 Å². The molecular formula is C17H14F3N5OS2.